The molecule has 4 nitrogen and oxygen atoms in total. The molecule has 0 aliphatic carbocycles. The molecular formula is C14H16Cl2N4. The van der Waals surface area contributed by atoms with E-state index in [0.29, 0.717) is 28.1 Å². The number of anilines is 1. The van der Waals surface area contributed by atoms with Crippen LogP contribution >= 0.6 is 23.2 Å². The maximum absolute atomic E-state index is 6.16. The molecule has 0 spiro atoms. The highest BCUT2D eigenvalue weighted by Gasteiger charge is 2.39. The summed E-state index contributed by atoms with van der Waals surface area (Å²) in [5.41, 5.74) is 7.99. The first-order valence-corrected chi connectivity index (χ1v) is 7.77. The van der Waals surface area contributed by atoms with Crippen LogP contribution in [-0.4, -0.2) is 33.6 Å². The Kier molecular flexibility index (Phi) is 2.88. The summed E-state index contributed by atoms with van der Waals surface area (Å²) in [6, 6.07) is 4.68. The molecule has 2 aromatic rings. The van der Waals surface area contributed by atoms with E-state index in [1.807, 2.05) is 6.07 Å². The summed E-state index contributed by atoms with van der Waals surface area (Å²) >= 11 is 12.2. The van der Waals surface area contributed by atoms with Crippen molar-refractivity contribution in [1.29, 1.82) is 0 Å². The van der Waals surface area contributed by atoms with Crippen LogP contribution in [0, 0.1) is 0 Å². The first-order chi connectivity index (χ1) is 9.65. The second-order valence-electron chi connectivity index (χ2n) is 5.70. The Morgan fingerprint density at radius 2 is 1.90 bits per heavy atom. The van der Waals surface area contributed by atoms with Crippen molar-refractivity contribution in [1.82, 2.24) is 14.5 Å². The van der Waals surface area contributed by atoms with Crippen LogP contribution in [0.5, 0.6) is 0 Å². The van der Waals surface area contributed by atoms with Crippen molar-refractivity contribution in [3.63, 3.8) is 0 Å². The SMILES string of the molecule is Nc1nc2cc(Cl)c(Cl)cc2n1C1CCN2CCCC12. The third kappa shape index (κ3) is 1.75. The van der Waals surface area contributed by atoms with E-state index in [0.717, 1.165) is 24.0 Å². The van der Waals surface area contributed by atoms with Gasteiger partial charge in [0.2, 0.25) is 5.95 Å². The largest absolute Gasteiger partial charge is 0.369 e. The lowest BCUT2D eigenvalue weighted by Gasteiger charge is -2.23. The molecular weight excluding hydrogens is 295 g/mol. The second-order valence-corrected chi connectivity index (χ2v) is 6.51. The normalized spacial score (nSPS) is 26.5. The second kappa shape index (κ2) is 4.52. The average molecular weight is 311 g/mol. The van der Waals surface area contributed by atoms with Crippen molar-refractivity contribution in [2.45, 2.75) is 31.3 Å². The van der Waals surface area contributed by atoms with Crippen LogP contribution in [0.25, 0.3) is 11.0 Å². The highest BCUT2D eigenvalue weighted by Crippen LogP contribution is 2.40. The Balaban J connectivity index is 1.87. The summed E-state index contributed by atoms with van der Waals surface area (Å²) in [5, 5.41) is 1.08. The van der Waals surface area contributed by atoms with Gasteiger partial charge in [-0.05, 0) is 37.9 Å². The van der Waals surface area contributed by atoms with Crippen molar-refractivity contribution in [3.05, 3.63) is 22.2 Å². The summed E-state index contributed by atoms with van der Waals surface area (Å²) in [6.07, 6.45) is 3.64. The van der Waals surface area contributed by atoms with E-state index in [1.165, 1.54) is 19.4 Å². The van der Waals surface area contributed by atoms with E-state index in [2.05, 4.69) is 14.5 Å². The first kappa shape index (κ1) is 12.7. The van der Waals surface area contributed by atoms with E-state index in [4.69, 9.17) is 28.9 Å². The number of hydrogen-bond donors (Lipinski definition) is 1. The molecule has 0 saturated carbocycles. The average Bonchev–Trinajstić information content (AvgIpc) is 3.05. The Bertz CT molecular complexity index is 681. The molecule has 20 heavy (non-hydrogen) atoms. The summed E-state index contributed by atoms with van der Waals surface area (Å²) in [4.78, 5) is 7.02. The Labute approximate surface area is 127 Å². The van der Waals surface area contributed by atoms with Gasteiger partial charge in [0.1, 0.15) is 0 Å². The molecule has 2 aliphatic heterocycles. The third-order valence-electron chi connectivity index (χ3n) is 4.66. The van der Waals surface area contributed by atoms with Crippen LogP contribution in [0.4, 0.5) is 5.95 Å². The van der Waals surface area contributed by atoms with E-state index >= 15 is 0 Å². The number of nitrogen functional groups attached to an aromatic ring is 1. The van der Waals surface area contributed by atoms with Gasteiger partial charge in [0.25, 0.3) is 0 Å². The van der Waals surface area contributed by atoms with Crippen LogP contribution in [0.15, 0.2) is 12.1 Å². The fourth-order valence-corrected chi connectivity index (χ4v) is 4.13. The molecule has 2 atom stereocenters. The summed E-state index contributed by atoms with van der Waals surface area (Å²) in [5.74, 6) is 0.567. The zero-order chi connectivity index (χ0) is 13.9. The van der Waals surface area contributed by atoms with Crippen LogP contribution in [-0.2, 0) is 0 Å². The lowest BCUT2D eigenvalue weighted by atomic mass is 10.1. The first-order valence-electron chi connectivity index (χ1n) is 7.01. The van der Waals surface area contributed by atoms with Crippen LogP contribution in [0.1, 0.15) is 25.3 Å². The molecule has 2 N–H and O–H groups in total. The van der Waals surface area contributed by atoms with Gasteiger partial charge in [-0.25, -0.2) is 4.98 Å². The van der Waals surface area contributed by atoms with Gasteiger partial charge in [0, 0.05) is 12.6 Å². The molecule has 1 aromatic heterocycles. The molecule has 2 aliphatic rings. The lowest BCUT2D eigenvalue weighted by Crippen LogP contribution is -2.28. The minimum absolute atomic E-state index is 0.403. The van der Waals surface area contributed by atoms with Crippen LogP contribution in [0.2, 0.25) is 10.0 Å². The maximum atomic E-state index is 6.16. The third-order valence-corrected chi connectivity index (χ3v) is 5.38. The standard InChI is InChI=1S/C14H16Cl2N4/c15-8-6-10-13(7-9(8)16)20(14(17)18-10)12-3-5-19-4-1-2-11(12)19/h6-7,11-12H,1-5H2,(H2,17,18). The lowest BCUT2D eigenvalue weighted by molar-refractivity contribution is 0.293. The van der Waals surface area contributed by atoms with Gasteiger partial charge in [-0.2, -0.15) is 0 Å². The molecule has 2 fully saturated rings. The highest BCUT2D eigenvalue weighted by atomic mass is 35.5. The highest BCUT2D eigenvalue weighted by molar-refractivity contribution is 6.42. The number of benzene rings is 1. The molecule has 2 saturated heterocycles. The summed E-state index contributed by atoms with van der Waals surface area (Å²) in [7, 11) is 0. The quantitative estimate of drug-likeness (QED) is 0.879. The number of nitrogens with zero attached hydrogens (tertiary/aromatic N) is 3. The minimum atomic E-state index is 0.403. The molecule has 106 valence electrons. The molecule has 3 heterocycles. The fraction of sp³-hybridized carbons (Fsp3) is 0.500. The van der Waals surface area contributed by atoms with E-state index in [1.54, 1.807) is 6.07 Å². The maximum Gasteiger partial charge on any atom is 0.201 e. The predicted octanol–water partition coefficient (Wildman–Crippen LogP) is 3.33. The van der Waals surface area contributed by atoms with Crippen LogP contribution in [0.3, 0.4) is 0 Å². The number of aromatic nitrogens is 2. The number of nitrogens with two attached hydrogens (primary N) is 1. The van der Waals surface area contributed by atoms with Gasteiger partial charge in [-0.3, -0.25) is 4.90 Å². The van der Waals surface area contributed by atoms with E-state index < -0.39 is 0 Å². The summed E-state index contributed by atoms with van der Waals surface area (Å²) in [6.45, 7) is 2.36. The Morgan fingerprint density at radius 1 is 1.10 bits per heavy atom. The van der Waals surface area contributed by atoms with Gasteiger partial charge in [-0.1, -0.05) is 23.2 Å². The molecule has 2 unspecified atom stereocenters. The van der Waals surface area contributed by atoms with Crippen LogP contribution < -0.4 is 5.73 Å². The number of hydrogen-bond acceptors (Lipinski definition) is 3. The molecule has 1 aromatic carbocycles. The molecule has 0 amide bonds. The number of fused-ring (bicyclic) bond motifs is 2. The van der Waals surface area contributed by atoms with E-state index in [9.17, 15) is 0 Å². The van der Waals surface area contributed by atoms with Crippen molar-refractivity contribution >= 4 is 40.2 Å². The van der Waals surface area contributed by atoms with Crippen molar-refractivity contribution in [2.75, 3.05) is 18.8 Å². The smallest absolute Gasteiger partial charge is 0.201 e. The van der Waals surface area contributed by atoms with E-state index in [-0.39, 0.29) is 0 Å². The predicted molar refractivity (Wildman–Crippen MR) is 82.4 cm³/mol. The minimum Gasteiger partial charge on any atom is -0.369 e. The summed E-state index contributed by atoms with van der Waals surface area (Å²) < 4.78 is 2.16. The molecule has 0 radical (unpaired) electrons. The van der Waals surface area contributed by atoms with Gasteiger partial charge >= 0.3 is 0 Å². The van der Waals surface area contributed by atoms with Crippen molar-refractivity contribution in [2.24, 2.45) is 0 Å². The van der Waals surface area contributed by atoms with Crippen molar-refractivity contribution in [3.8, 4) is 0 Å². The van der Waals surface area contributed by atoms with Gasteiger partial charge < -0.3 is 10.3 Å². The topological polar surface area (TPSA) is 47.1 Å². The van der Waals surface area contributed by atoms with Gasteiger partial charge in [0.05, 0.1) is 27.1 Å². The van der Waals surface area contributed by atoms with Gasteiger partial charge in [0.15, 0.2) is 0 Å². The number of halogens is 2. The molecule has 6 heteroatoms. The Morgan fingerprint density at radius 3 is 2.75 bits per heavy atom. The number of imidazole rings is 1. The van der Waals surface area contributed by atoms with Crippen molar-refractivity contribution < 1.29 is 0 Å². The van der Waals surface area contributed by atoms with Gasteiger partial charge in [-0.15, -0.1) is 0 Å². The molecule has 4 rings (SSSR count). The number of rotatable bonds is 1. The molecule has 0 bridgehead atoms. The zero-order valence-electron chi connectivity index (χ0n) is 11.0. The fourth-order valence-electron chi connectivity index (χ4n) is 3.81. The monoisotopic (exact) mass is 310 g/mol. The Hall–Kier alpha value is -0.970. The zero-order valence-corrected chi connectivity index (χ0v) is 12.5.